The van der Waals surface area contributed by atoms with Crippen molar-refractivity contribution in [2.24, 2.45) is 5.10 Å². The highest BCUT2D eigenvalue weighted by Gasteiger charge is 2.50. The number of methoxy groups -OCH3 is 2. The summed E-state index contributed by atoms with van der Waals surface area (Å²) >= 11 is 0. The second-order valence-corrected chi connectivity index (χ2v) is 8.22. The molecule has 0 radical (unpaired) electrons. The highest BCUT2D eigenvalue weighted by atomic mass is 16.5. The Morgan fingerprint density at radius 2 is 2.00 bits per heavy atom. The van der Waals surface area contributed by atoms with E-state index in [1.54, 1.807) is 37.3 Å². The fraction of sp³-hybridized carbons (Fsp3) is 0.591. The van der Waals surface area contributed by atoms with Crippen molar-refractivity contribution >= 4 is 23.3 Å². The number of benzene rings is 1. The first-order valence-electron chi connectivity index (χ1n) is 11.0. The fourth-order valence-corrected chi connectivity index (χ4v) is 4.91. The maximum Gasteiger partial charge on any atom is 0.268 e. The van der Waals surface area contributed by atoms with Gasteiger partial charge in [-0.25, -0.2) is 0 Å². The van der Waals surface area contributed by atoms with Crippen LogP contribution in [0.4, 0.5) is 5.69 Å². The van der Waals surface area contributed by atoms with E-state index < -0.39 is 6.17 Å². The van der Waals surface area contributed by atoms with Crippen LogP contribution in [0.15, 0.2) is 23.3 Å². The Hall–Kier alpha value is -2.97. The minimum absolute atomic E-state index is 0.00428. The number of nitrogens with one attached hydrogen (secondary N) is 2. The molecule has 9 heteroatoms. The Balaban J connectivity index is 1.51. The molecule has 0 spiro atoms. The van der Waals surface area contributed by atoms with E-state index in [4.69, 9.17) is 9.47 Å². The number of ether oxygens (including phenoxy) is 2. The van der Waals surface area contributed by atoms with Crippen molar-refractivity contribution in [2.75, 3.05) is 26.1 Å². The van der Waals surface area contributed by atoms with E-state index in [9.17, 15) is 9.59 Å². The van der Waals surface area contributed by atoms with Gasteiger partial charge in [-0.2, -0.15) is 5.10 Å². The maximum atomic E-state index is 13.3. The Bertz CT molecular complexity index is 873. The van der Waals surface area contributed by atoms with Crippen molar-refractivity contribution in [3.63, 3.8) is 0 Å². The summed E-state index contributed by atoms with van der Waals surface area (Å²) in [5.41, 5.74) is 3.57. The number of anilines is 1. The third kappa shape index (κ3) is 4.00. The normalized spacial score (nSPS) is 24.7. The molecule has 168 valence electrons. The second kappa shape index (κ2) is 9.03. The van der Waals surface area contributed by atoms with E-state index in [0.717, 1.165) is 44.4 Å². The molecule has 2 amide bonds. The first-order valence-corrected chi connectivity index (χ1v) is 11.0. The van der Waals surface area contributed by atoms with Gasteiger partial charge < -0.3 is 24.6 Å². The van der Waals surface area contributed by atoms with Crippen LogP contribution in [0.5, 0.6) is 11.5 Å². The molecule has 0 bridgehead atoms. The molecule has 1 aromatic carbocycles. The van der Waals surface area contributed by atoms with Crippen molar-refractivity contribution in [1.82, 2.24) is 15.2 Å². The van der Waals surface area contributed by atoms with Crippen molar-refractivity contribution < 1.29 is 19.1 Å². The van der Waals surface area contributed by atoms with Gasteiger partial charge in [-0.3, -0.25) is 15.0 Å². The molecule has 31 heavy (non-hydrogen) atoms. The molecule has 1 aromatic rings. The lowest BCUT2D eigenvalue weighted by atomic mass is 9.85. The maximum absolute atomic E-state index is 13.3. The minimum atomic E-state index is -0.510. The summed E-state index contributed by atoms with van der Waals surface area (Å²) in [5.74, 6) is 1.78. The number of rotatable bonds is 7. The zero-order valence-electron chi connectivity index (χ0n) is 18.4. The molecule has 3 unspecified atom stereocenters. The van der Waals surface area contributed by atoms with Gasteiger partial charge in [-0.15, -0.1) is 0 Å². The summed E-state index contributed by atoms with van der Waals surface area (Å²) in [7, 11) is 3.12. The molecule has 2 N–H and O–H groups in total. The molecule has 4 rings (SSSR count). The molecule has 2 heterocycles. The number of fused-ring (bicyclic) bond motifs is 3. The van der Waals surface area contributed by atoms with Crippen LogP contribution in [0.3, 0.4) is 0 Å². The Morgan fingerprint density at radius 1 is 1.23 bits per heavy atom. The molecule has 2 fully saturated rings. The van der Waals surface area contributed by atoms with Crippen LogP contribution < -0.4 is 20.2 Å². The minimum Gasteiger partial charge on any atom is -0.497 e. The van der Waals surface area contributed by atoms with Crippen molar-refractivity contribution in [3.8, 4) is 11.5 Å². The average Bonchev–Trinajstić information content (AvgIpc) is 3.21. The van der Waals surface area contributed by atoms with Crippen molar-refractivity contribution in [2.45, 2.75) is 63.7 Å². The first kappa shape index (κ1) is 21.3. The summed E-state index contributed by atoms with van der Waals surface area (Å²) in [5, 5.41) is 7.34. The predicted octanol–water partition coefficient (Wildman–Crippen LogP) is 2.14. The van der Waals surface area contributed by atoms with Gasteiger partial charge in [-0.05, 0) is 31.4 Å². The Labute approximate surface area is 182 Å². The quantitative estimate of drug-likeness (QED) is 0.690. The van der Waals surface area contributed by atoms with Crippen LogP contribution >= 0.6 is 0 Å². The summed E-state index contributed by atoms with van der Waals surface area (Å²) in [6.45, 7) is 2.12. The van der Waals surface area contributed by atoms with E-state index in [1.807, 2.05) is 0 Å². The zero-order valence-corrected chi connectivity index (χ0v) is 18.4. The lowest BCUT2D eigenvalue weighted by Gasteiger charge is -2.51. The van der Waals surface area contributed by atoms with Crippen LogP contribution in [0.25, 0.3) is 0 Å². The summed E-state index contributed by atoms with van der Waals surface area (Å²) in [6, 6.07) is 5.42. The number of amidine groups is 1. The van der Waals surface area contributed by atoms with Crippen LogP contribution in [-0.2, 0) is 9.59 Å². The molecule has 3 atom stereocenters. The van der Waals surface area contributed by atoms with Gasteiger partial charge in [0.05, 0.1) is 32.0 Å². The zero-order chi connectivity index (χ0) is 22.0. The average molecular weight is 430 g/mol. The van der Waals surface area contributed by atoms with Gasteiger partial charge in [0.1, 0.15) is 23.9 Å². The summed E-state index contributed by atoms with van der Waals surface area (Å²) in [6.07, 6.45) is 5.40. The van der Waals surface area contributed by atoms with Crippen LogP contribution in [0, 0.1) is 0 Å². The van der Waals surface area contributed by atoms with E-state index in [2.05, 4.69) is 27.7 Å². The molecular weight excluding hydrogens is 398 g/mol. The second-order valence-electron chi connectivity index (χ2n) is 8.22. The number of piperazine rings is 1. The van der Waals surface area contributed by atoms with Crippen molar-refractivity contribution in [3.05, 3.63) is 18.2 Å². The standard InChI is InChI=1S/C22H31N5O4/c1-4-7-19-24-25-21-22(29)26(16-8-5-6-9-17(16)27(19)21)13-20(28)23-15-11-10-14(30-2)12-18(15)31-3/h10-12,16-17,21,25H,4-9,13H2,1-3H3,(H,23,28). The predicted molar refractivity (Wildman–Crippen MR) is 117 cm³/mol. The molecule has 1 aliphatic carbocycles. The lowest BCUT2D eigenvalue weighted by molar-refractivity contribution is -0.151. The van der Waals surface area contributed by atoms with Gasteiger partial charge in [-0.1, -0.05) is 19.8 Å². The Kier molecular flexibility index (Phi) is 6.20. The van der Waals surface area contributed by atoms with Gasteiger partial charge in [0.2, 0.25) is 5.91 Å². The topological polar surface area (TPSA) is 95.5 Å². The highest BCUT2D eigenvalue weighted by molar-refractivity contribution is 5.98. The molecule has 1 saturated carbocycles. The molecule has 3 aliphatic rings. The van der Waals surface area contributed by atoms with E-state index >= 15 is 0 Å². The number of hydrogen-bond donors (Lipinski definition) is 2. The lowest BCUT2D eigenvalue weighted by Crippen LogP contribution is -2.69. The van der Waals surface area contributed by atoms with E-state index in [1.165, 1.54) is 0 Å². The third-order valence-corrected chi connectivity index (χ3v) is 6.33. The number of amides is 2. The van der Waals surface area contributed by atoms with E-state index in [-0.39, 0.29) is 30.4 Å². The number of nitrogens with zero attached hydrogens (tertiary/aromatic N) is 3. The number of hydrazone groups is 1. The fourth-order valence-electron chi connectivity index (χ4n) is 4.91. The van der Waals surface area contributed by atoms with Crippen LogP contribution in [0.2, 0.25) is 0 Å². The van der Waals surface area contributed by atoms with Gasteiger partial charge >= 0.3 is 0 Å². The van der Waals surface area contributed by atoms with Crippen LogP contribution in [-0.4, -0.2) is 66.5 Å². The van der Waals surface area contributed by atoms with Gasteiger partial charge in [0.25, 0.3) is 5.91 Å². The molecule has 0 aromatic heterocycles. The molecule has 2 aliphatic heterocycles. The number of hydrogen-bond acceptors (Lipinski definition) is 7. The number of carbonyl (C=O) groups is 2. The summed E-state index contributed by atoms with van der Waals surface area (Å²) < 4.78 is 10.6. The molecule has 9 nitrogen and oxygen atoms in total. The smallest absolute Gasteiger partial charge is 0.268 e. The first-order chi connectivity index (χ1) is 15.1. The molecule has 1 saturated heterocycles. The summed E-state index contributed by atoms with van der Waals surface area (Å²) in [4.78, 5) is 30.2. The van der Waals surface area contributed by atoms with Crippen LogP contribution in [0.1, 0.15) is 45.4 Å². The number of carbonyl (C=O) groups excluding carboxylic acids is 2. The van der Waals surface area contributed by atoms with Crippen molar-refractivity contribution in [1.29, 1.82) is 0 Å². The Morgan fingerprint density at radius 3 is 2.71 bits per heavy atom. The SMILES string of the molecule is CCCC1=NNC2C(=O)N(CC(=O)Nc3ccc(OC)cc3OC)C3CCCCC3N12. The highest BCUT2D eigenvalue weighted by Crippen LogP contribution is 2.35. The van der Waals surface area contributed by atoms with E-state index in [0.29, 0.717) is 17.2 Å². The monoisotopic (exact) mass is 429 g/mol. The van der Waals surface area contributed by atoms with Gasteiger partial charge in [0.15, 0.2) is 6.17 Å². The molecular formula is C22H31N5O4. The van der Waals surface area contributed by atoms with Gasteiger partial charge in [0, 0.05) is 12.5 Å². The third-order valence-electron chi connectivity index (χ3n) is 6.33. The largest absolute Gasteiger partial charge is 0.497 e.